The molecule has 1 atom stereocenters. The smallest absolute Gasteiger partial charge is 0.344 e. The summed E-state index contributed by atoms with van der Waals surface area (Å²) in [5, 5.41) is 11.6. The molecule has 0 aliphatic rings. The largest absolute Gasteiger partial charge is 0.479 e. The average molecular weight is 227 g/mol. The third-order valence-corrected chi connectivity index (χ3v) is 2.04. The normalized spacial score (nSPS) is 12.2. The number of hydrogen-bond acceptors (Lipinski definition) is 3. The molecule has 0 fully saturated rings. The SMILES string of the molecule is CNCc1cc(F)ccc1OC(C)C(=O)O. The van der Waals surface area contributed by atoms with Crippen molar-refractivity contribution in [2.24, 2.45) is 0 Å². The van der Waals surface area contributed by atoms with Crippen LogP contribution >= 0.6 is 0 Å². The molecule has 1 unspecified atom stereocenters. The number of carbonyl (C=O) groups is 1. The zero-order chi connectivity index (χ0) is 12.1. The first-order valence-corrected chi connectivity index (χ1v) is 4.87. The Balaban J connectivity index is 2.89. The molecule has 0 radical (unpaired) electrons. The molecule has 1 aromatic carbocycles. The van der Waals surface area contributed by atoms with E-state index in [4.69, 9.17) is 9.84 Å². The molecule has 88 valence electrons. The highest BCUT2D eigenvalue weighted by atomic mass is 19.1. The van der Waals surface area contributed by atoms with Crippen LogP contribution in [0, 0.1) is 5.82 Å². The van der Waals surface area contributed by atoms with Crippen LogP contribution in [0.25, 0.3) is 0 Å². The summed E-state index contributed by atoms with van der Waals surface area (Å²) in [5.41, 5.74) is 0.593. The van der Waals surface area contributed by atoms with Gasteiger partial charge in [0.15, 0.2) is 6.10 Å². The van der Waals surface area contributed by atoms with Crippen molar-refractivity contribution < 1.29 is 19.0 Å². The molecule has 0 saturated carbocycles. The first kappa shape index (κ1) is 12.4. The van der Waals surface area contributed by atoms with Gasteiger partial charge in [-0.05, 0) is 32.2 Å². The number of aliphatic carboxylic acids is 1. The molecular weight excluding hydrogens is 213 g/mol. The van der Waals surface area contributed by atoms with Gasteiger partial charge in [0.1, 0.15) is 11.6 Å². The van der Waals surface area contributed by atoms with Gasteiger partial charge in [0.25, 0.3) is 0 Å². The molecule has 2 N–H and O–H groups in total. The van der Waals surface area contributed by atoms with E-state index in [1.54, 1.807) is 7.05 Å². The molecule has 0 aliphatic carbocycles. The van der Waals surface area contributed by atoms with Crippen LogP contribution in [0.2, 0.25) is 0 Å². The first-order valence-electron chi connectivity index (χ1n) is 4.87. The highest BCUT2D eigenvalue weighted by Gasteiger charge is 2.14. The van der Waals surface area contributed by atoms with Crippen LogP contribution in [-0.2, 0) is 11.3 Å². The lowest BCUT2D eigenvalue weighted by molar-refractivity contribution is -0.144. The molecule has 0 aromatic heterocycles. The summed E-state index contributed by atoms with van der Waals surface area (Å²) < 4.78 is 18.2. The lowest BCUT2D eigenvalue weighted by Crippen LogP contribution is -2.23. The van der Waals surface area contributed by atoms with Gasteiger partial charge < -0.3 is 15.2 Å². The Hall–Kier alpha value is -1.62. The van der Waals surface area contributed by atoms with Gasteiger partial charge in [0.2, 0.25) is 0 Å². The summed E-state index contributed by atoms with van der Waals surface area (Å²) in [7, 11) is 1.72. The van der Waals surface area contributed by atoms with E-state index >= 15 is 0 Å². The number of halogens is 1. The standard InChI is InChI=1S/C11H14FNO3/c1-7(11(14)15)16-10-4-3-9(12)5-8(10)6-13-2/h3-5,7,13H,6H2,1-2H3,(H,14,15). The van der Waals surface area contributed by atoms with Gasteiger partial charge in [-0.1, -0.05) is 0 Å². The minimum atomic E-state index is -1.06. The fraction of sp³-hybridized carbons (Fsp3) is 0.364. The number of benzene rings is 1. The van der Waals surface area contributed by atoms with Crippen LogP contribution in [0.15, 0.2) is 18.2 Å². The highest BCUT2D eigenvalue weighted by Crippen LogP contribution is 2.20. The van der Waals surface area contributed by atoms with Gasteiger partial charge in [-0.2, -0.15) is 0 Å². The molecule has 0 aliphatic heterocycles. The summed E-state index contributed by atoms with van der Waals surface area (Å²) in [6, 6.07) is 3.99. The minimum Gasteiger partial charge on any atom is -0.479 e. The number of rotatable bonds is 5. The van der Waals surface area contributed by atoms with Gasteiger partial charge in [0.05, 0.1) is 0 Å². The Morgan fingerprint density at radius 1 is 1.62 bits per heavy atom. The molecule has 1 rings (SSSR count). The van der Waals surface area contributed by atoms with Gasteiger partial charge >= 0.3 is 5.97 Å². The van der Waals surface area contributed by atoms with Crippen molar-refractivity contribution in [1.82, 2.24) is 5.32 Å². The fourth-order valence-corrected chi connectivity index (χ4v) is 1.23. The molecule has 0 saturated heterocycles. The Morgan fingerprint density at radius 2 is 2.31 bits per heavy atom. The predicted molar refractivity (Wildman–Crippen MR) is 56.9 cm³/mol. The third-order valence-electron chi connectivity index (χ3n) is 2.04. The Labute approximate surface area is 93.0 Å². The summed E-state index contributed by atoms with van der Waals surface area (Å²) in [6.07, 6.45) is -0.957. The molecular formula is C11H14FNO3. The van der Waals surface area contributed by atoms with Crippen molar-refractivity contribution in [2.45, 2.75) is 19.6 Å². The predicted octanol–water partition coefficient (Wildman–Crippen LogP) is 1.40. The monoisotopic (exact) mass is 227 g/mol. The second-order valence-electron chi connectivity index (χ2n) is 3.38. The number of ether oxygens (including phenoxy) is 1. The first-order chi connectivity index (χ1) is 7.54. The Morgan fingerprint density at radius 3 is 2.88 bits per heavy atom. The van der Waals surface area contributed by atoms with E-state index in [9.17, 15) is 9.18 Å². The van der Waals surface area contributed by atoms with Gasteiger partial charge in [-0.3, -0.25) is 0 Å². The van der Waals surface area contributed by atoms with E-state index in [0.717, 1.165) is 0 Å². The van der Waals surface area contributed by atoms with Crippen molar-refractivity contribution in [3.63, 3.8) is 0 Å². The van der Waals surface area contributed by atoms with Crippen LogP contribution < -0.4 is 10.1 Å². The van der Waals surface area contributed by atoms with Gasteiger partial charge in [-0.25, -0.2) is 9.18 Å². The van der Waals surface area contributed by atoms with Gasteiger partial charge in [0, 0.05) is 12.1 Å². The molecule has 4 nitrogen and oxygen atoms in total. The van der Waals surface area contributed by atoms with Crippen molar-refractivity contribution in [2.75, 3.05) is 7.05 Å². The summed E-state index contributed by atoms with van der Waals surface area (Å²) in [5.74, 6) is -1.05. The minimum absolute atomic E-state index is 0.374. The fourth-order valence-electron chi connectivity index (χ4n) is 1.23. The van der Waals surface area contributed by atoms with E-state index in [1.807, 2.05) is 0 Å². The molecule has 0 amide bonds. The zero-order valence-corrected chi connectivity index (χ0v) is 9.16. The Bertz CT molecular complexity index is 381. The topological polar surface area (TPSA) is 58.6 Å². The van der Waals surface area contributed by atoms with E-state index in [-0.39, 0.29) is 5.82 Å². The van der Waals surface area contributed by atoms with Crippen molar-refractivity contribution in [3.8, 4) is 5.75 Å². The summed E-state index contributed by atoms with van der Waals surface area (Å²) in [4.78, 5) is 10.6. The maximum atomic E-state index is 13.0. The summed E-state index contributed by atoms with van der Waals surface area (Å²) in [6.45, 7) is 1.84. The maximum absolute atomic E-state index is 13.0. The number of nitrogens with one attached hydrogen (secondary N) is 1. The van der Waals surface area contributed by atoms with E-state index in [2.05, 4.69) is 5.32 Å². The van der Waals surface area contributed by atoms with E-state index in [1.165, 1.54) is 25.1 Å². The lowest BCUT2D eigenvalue weighted by atomic mass is 10.2. The molecule has 0 heterocycles. The number of carboxylic acids is 1. The zero-order valence-electron chi connectivity index (χ0n) is 9.16. The average Bonchev–Trinajstić information content (AvgIpc) is 2.22. The van der Waals surface area contributed by atoms with Crippen molar-refractivity contribution in [3.05, 3.63) is 29.6 Å². The van der Waals surface area contributed by atoms with Crippen LogP contribution in [0.4, 0.5) is 4.39 Å². The third kappa shape index (κ3) is 3.20. The molecule has 5 heteroatoms. The molecule has 0 bridgehead atoms. The van der Waals surface area contributed by atoms with Crippen LogP contribution in [-0.4, -0.2) is 24.2 Å². The highest BCUT2D eigenvalue weighted by molar-refractivity contribution is 5.72. The quantitative estimate of drug-likeness (QED) is 0.798. The summed E-state index contributed by atoms with van der Waals surface area (Å²) >= 11 is 0. The molecule has 1 aromatic rings. The number of carboxylic acid groups (broad SMARTS) is 1. The van der Waals surface area contributed by atoms with Crippen molar-refractivity contribution >= 4 is 5.97 Å². The molecule has 0 spiro atoms. The van der Waals surface area contributed by atoms with E-state index in [0.29, 0.717) is 17.9 Å². The van der Waals surface area contributed by atoms with Crippen LogP contribution in [0.1, 0.15) is 12.5 Å². The second kappa shape index (κ2) is 5.46. The van der Waals surface area contributed by atoms with Gasteiger partial charge in [-0.15, -0.1) is 0 Å². The second-order valence-corrected chi connectivity index (χ2v) is 3.38. The molecule has 16 heavy (non-hydrogen) atoms. The van der Waals surface area contributed by atoms with E-state index < -0.39 is 12.1 Å². The lowest BCUT2D eigenvalue weighted by Gasteiger charge is -2.14. The van der Waals surface area contributed by atoms with Crippen LogP contribution in [0.3, 0.4) is 0 Å². The Kier molecular flexibility index (Phi) is 4.25. The number of hydrogen-bond donors (Lipinski definition) is 2. The maximum Gasteiger partial charge on any atom is 0.344 e. The van der Waals surface area contributed by atoms with Crippen molar-refractivity contribution in [1.29, 1.82) is 0 Å². The van der Waals surface area contributed by atoms with Crippen LogP contribution in [0.5, 0.6) is 5.75 Å².